The van der Waals surface area contributed by atoms with Crippen molar-refractivity contribution in [3.8, 4) is 0 Å². The second kappa shape index (κ2) is 11.9. The van der Waals surface area contributed by atoms with Gasteiger partial charge in [-0.2, -0.15) is 0 Å². The van der Waals surface area contributed by atoms with Gasteiger partial charge in [-0.15, -0.1) is 0 Å². The van der Waals surface area contributed by atoms with Crippen molar-refractivity contribution in [2.75, 3.05) is 6.54 Å². The van der Waals surface area contributed by atoms with Crippen molar-refractivity contribution in [1.29, 1.82) is 0 Å². The van der Waals surface area contributed by atoms with E-state index < -0.39 is 35.9 Å². The highest BCUT2D eigenvalue weighted by atomic mass is 16.4. The standard InChI is InChI=1S/C21H38N4O5/c1-11(2)10-15(19(27)25-17(13(5)6)21(29)30)23-20(28)16(12(3)4)24-18(26)14-8-7-9-22-14/h11-17,22H,7-10H2,1-6H3,(H,23,28)(H,24,26)(H,25,27)(H,29,30). The Kier molecular flexibility index (Phi) is 10.2. The van der Waals surface area contributed by atoms with Gasteiger partial charge in [0.25, 0.3) is 0 Å². The Morgan fingerprint density at radius 3 is 1.93 bits per heavy atom. The van der Waals surface area contributed by atoms with Crippen LogP contribution in [0.4, 0.5) is 0 Å². The number of carbonyl (C=O) groups excluding carboxylic acids is 3. The highest BCUT2D eigenvalue weighted by Gasteiger charge is 2.33. The topological polar surface area (TPSA) is 137 Å². The van der Waals surface area contributed by atoms with Gasteiger partial charge >= 0.3 is 5.97 Å². The van der Waals surface area contributed by atoms with Crippen molar-refractivity contribution in [2.24, 2.45) is 17.8 Å². The fourth-order valence-corrected chi connectivity index (χ4v) is 3.43. The normalized spacial score (nSPS) is 19.4. The van der Waals surface area contributed by atoms with Crippen LogP contribution in [-0.4, -0.2) is 59.5 Å². The second-order valence-corrected chi connectivity index (χ2v) is 9.14. The van der Waals surface area contributed by atoms with E-state index in [-0.39, 0.29) is 29.7 Å². The highest BCUT2D eigenvalue weighted by Crippen LogP contribution is 2.11. The minimum atomic E-state index is -1.12. The molecule has 5 N–H and O–H groups in total. The number of carboxylic acid groups (broad SMARTS) is 1. The summed E-state index contributed by atoms with van der Waals surface area (Å²) in [5, 5.41) is 20.5. The molecule has 1 fully saturated rings. The molecule has 0 aromatic carbocycles. The van der Waals surface area contributed by atoms with Crippen molar-refractivity contribution in [2.45, 2.75) is 85.0 Å². The number of hydrogen-bond donors (Lipinski definition) is 5. The fourth-order valence-electron chi connectivity index (χ4n) is 3.43. The first-order chi connectivity index (χ1) is 13.9. The van der Waals surface area contributed by atoms with Crippen molar-refractivity contribution < 1.29 is 24.3 Å². The van der Waals surface area contributed by atoms with Crippen LogP contribution < -0.4 is 21.3 Å². The molecular weight excluding hydrogens is 388 g/mol. The van der Waals surface area contributed by atoms with Gasteiger partial charge in [0.2, 0.25) is 17.7 Å². The molecule has 0 spiro atoms. The van der Waals surface area contributed by atoms with Crippen LogP contribution in [0.2, 0.25) is 0 Å². The minimum absolute atomic E-state index is 0.0955. The molecule has 0 aromatic rings. The fraction of sp³-hybridized carbons (Fsp3) is 0.810. The van der Waals surface area contributed by atoms with Crippen LogP contribution in [0.5, 0.6) is 0 Å². The number of carbonyl (C=O) groups is 4. The van der Waals surface area contributed by atoms with E-state index in [1.54, 1.807) is 13.8 Å². The summed E-state index contributed by atoms with van der Waals surface area (Å²) < 4.78 is 0. The molecule has 0 aromatic heterocycles. The third-order valence-electron chi connectivity index (χ3n) is 5.19. The summed E-state index contributed by atoms with van der Waals surface area (Å²) in [6.45, 7) is 11.7. The molecular formula is C21H38N4O5. The maximum Gasteiger partial charge on any atom is 0.326 e. The van der Waals surface area contributed by atoms with Gasteiger partial charge in [0.1, 0.15) is 18.1 Å². The summed E-state index contributed by atoms with van der Waals surface area (Å²) in [5.74, 6) is -2.72. The largest absolute Gasteiger partial charge is 0.480 e. The molecule has 30 heavy (non-hydrogen) atoms. The maximum atomic E-state index is 12.9. The van der Waals surface area contributed by atoms with Gasteiger partial charge < -0.3 is 26.4 Å². The molecule has 4 atom stereocenters. The molecule has 9 heteroatoms. The molecule has 0 aliphatic carbocycles. The van der Waals surface area contributed by atoms with E-state index in [2.05, 4.69) is 21.3 Å². The average molecular weight is 427 g/mol. The first-order valence-corrected chi connectivity index (χ1v) is 10.8. The lowest BCUT2D eigenvalue weighted by Crippen LogP contribution is -2.59. The van der Waals surface area contributed by atoms with Crippen LogP contribution in [0, 0.1) is 17.8 Å². The third kappa shape index (κ3) is 7.93. The lowest BCUT2D eigenvalue weighted by atomic mass is 9.98. The van der Waals surface area contributed by atoms with Crippen molar-refractivity contribution in [1.82, 2.24) is 21.3 Å². The molecule has 1 heterocycles. The average Bonchev–Trinajstić information content (AvgIpc) is 3.16. The van der Waals surface area contributed by atoms with E-state index in [1.165, 1.54) is 0 Å². The molecule has 0 radical (unpaired) electrons. The Bertz CT molecular complexity index is 615. The zero-order valence-corrected chi connectivity index (χ0v) is 19.0. The SMILES string of the molecule is CC(C)CC(NC(=O)C(NC(=O)C1CCCN1)C(C)C)C(=O)NC(C(=O)O)C(C)C. The Morgan fingerprint density at radius 1 is 0.900 bits per heavy atom. The number of rotatable bonds is 11. The molecule has 1 rings (SSSR count). The predicted molar refractivity (Wildman–Crippen MR) is 114 cm³/mol. The van der Waals surface area contributed by atoms with Crippen LogP contribution in [0.15, 0.2) is 0 Å². The molecule has 3 amide bonds. The van der Waals surface area contributed by atoms with Crippen molar-refractivity contribution >= 4 is 23.7 Å². The van der Waals surface area contributed by atoms with Crippen LogP contribution in [0.3, 0.4) is 0 Å². The molecule has 1 aliphatic heterocycles. The summed E-state index contributed by atoms with van der Waals surface area (Å²) in [4.78, 5) is 49.6. The minimum Gasteiger partial charge on any atom is -0.480 e. The monoisotopic (exact) mass is 426 g/mol. The van der Waals surface area contributed by atoms with E-state index in [0.29, 0.717) is 6.42 Å². The van der Waals surface area contributed by atoms with Crippen LogP contribution in [0.1, 0.15) is 60.8 Å². The van der Waals surface area contributed by atoms with Gasteiger partial charge in [-0.25, -0.2) is 4.79 Å². The van der Waals surface area contributed by atoms with E-state index >= 15 is 0 Å². The molecule has 172 valence electrons. The molecule has 1 saturated heterocycles. The number of amides is 3. The summed E-state index contributed by atoms with van der Waals surface area (Å²) >= 11 is 0. The second-order valence-electron chi connectivity index (χ2n) is 9.14. The lowest BCUT2D eigenvalue weighted by Gasteiger charge is -2.28. The smallest absolute Gasteiger partial charge is 0.326 e. The summed E-state index contributed by atoms with van der Waals surface area (Å²) in [5.41, 5.74) is 0. The lowest BCUT2D eigenvalue weighted by molar-refractivity contribution is -0.143. The molecule has 1 aliphatic rings. The van der Waals surface area contributed by atoms with E-state index in [9.17, 15) is 24.3 Å². The Balaban J connectivity index is 2.88. The number of carboxylic acids is 1. The molecule has 4 unspecified atom stereocenters. The Labute approximate surface area is 179 Å². The van der Waals surface area contributed by atoms with Gasteiger partial charge in [-0.05, 0) is 43.6 Å². The number of aliphatic carboxylic acids is 1. The Hall–Kier alpha value is -2.16. The summed E-state index contributed by atoms with van der Waals surface area (Å²) in [6, 6.07) is -3.03. The van der Waals surface area contributed by atoms with Gasteiger partial charge in [-0.3, -0.25) is 14.4 Å². The van der Waals surface area contributed by atoms with Crippen LogP contribution in [-0.2, 0) is 19.2 Å². The third-order valence-corrected chi connectivity index (χ3v) is 5.19. The highest BCUT2D eigenvalue weighted by molar-refractivity contribution is 5.94. The van der Waals surface area contributed by atoms with Gasteiger partial charge in [0.05, 0.1) is 6.04 Å². The zero-order valence-electron chi connectivity index (χ0n) is 19.0. The Morgan fingerprint density at radius 2 is 1.50 bits per heavy atom. The summed E-state index contributed by atoms with van der Waals surface area (Å²) in [7, 11) is 0. The molecule has 9 nitrogen and oxygen atoms in total. The van der Waals surface area contributed by atoms with Crippen molar-refractivity contribution in [3.05, 3.63) is 0 Å². The first kappa shape index (κ1) is 25.9. The predicted octanol–water partition coefficient (Wildman–Crippen LogP) is 0.636. The number of hydrogen-bond acceptors (Lipinski definition) is 5. The van der Waals surface area contributed by atoms with Gasteiger partial charge in [0, 0.05) is 0 Å². The molecule has 0 saturated carbocycles. The number of nitrogens with one attached hydrogen (secondary N) is 4. The zero-order chi connectivity index (χ0) is 23.0. The van der Waals surface area contributed by atoms with Crippen LogP contribution in [0.25, 0.3) is 0 Å². The first-order valence-electron chi connectivity index (χ1n) is 10.8. The van der Waals surface area contributed by atoms with Gasteiger partial charge in [-0.1, -0.05) is 41.5 Å². The van der Waals surface area contributed by atoms with Gasteiger partial charge in [0.15, 0.2) is 0 Å². The van der Waals surface area contributed by atoms with E-state index in [0.717, 1.165) is 19.4 Å². The quantitative estimate of drug-likeness (QED) is 0.329. The maximum absolute atomic E-state index is 12.9. The van der Waals surface area contributed by atoms with Crippen molar-refractivity contribution in [3.63, 3.8) is 0 Å². The van der Waals surface area contributed by atoms with E-state index in [4.69, 9.17) is 0 Å². The van der Waals surface area contributed by atoms with E-state index in [1.807, 2.05) is 27.7 Å². The molecule has 0 bridgehead atoms. The summed E-state index contributed by atoms with van der Waals surface area (Å²) in [6.07, 6.45) is 1.99. The van der Waals surface area contributed by atoms with Crippen LogP contribution >= 0.6 is 0 Å².